The molecule has 2 heterocycles. The molecule has 0 aromatic carbocycles. The molecule has 0 unspecified atom stereocenters. The van der Waals surface area contributed by atoms with Crippen molar-refractivity contribution < 1.29 is 14.7 Å². The monoisotopic (exact) mass is 266 g/mol. The summed E-state index contributed by atoms with van der Waals surface area (Å²) in [6.45, 7) is 1.83. The summed E-state index contributed by atoms with van der Waals surface area (Å²) >= 11 is 1.54. The van der Waals surface area contributed by atoms with Gasteiger partial charge in [0.1, 0.15) is 5.54 Å². The molecule has 1 aliphatic heterocycles. The first-order valence-corrected chi connectivity index (χ1v) is 6.75. The third-order valence-electron chi connectivity index (χ3n) is 2.96. The molecule has 0 bridgehead atoms. The zero-order valence-electron chi connectivity index (χ0n) is 9.97. The van der Waals surface area contributed by atoms with Crippen LogP contribution >= 0.6 is 11.8 Å². The van der Waals surface area contributed by atoms with Crippen LogP contribution in [0.15, 0.2) is 18.3 Å². The molecule has 18 heavy (non-hydrogen) atoms. The Balaban J connectivity index is 2.15. The SMILES string of the molecule is Cc1ccc(C(=O)N[C@@]2(C(=O)O)CCSC2)cn1. The van der Waals surface area contributed by atoms with Gasteiger partial charge in [-0.1, -0.05) is 0 Å². The molecular formula is C12H14N2O3S. The van der Waals surface area contributed by atoms with Crippen molar-refractivity contribution in [1.82, 2.24) is 10.3 Å². The highest BCUT2D eigenvalue weighted by molar-refractivity contribution is 7.99. The van der Waals surface area contributed by atoms with Crippen molar-refractivity contribution in [3.8, 4) is 0 Å². The third kappa shape index (κ3) is 2.48. The molecule has 1 amide bonds. The van der Waals surface area contributed by atoms with Gasteiger partial charge >= 0.3 is 5.97 Å². The molecule has 1 aliphatic rings. The van der Waals surface area contributed by atoms with Crippen LogP contribution in [0.3, 0.4) is 0 Å². The van der Waals surface area contributed by atoms with E-state index in [4.69, 9.17) is 0 Å². The Morgan fingerprint density at radius 1 is 1.50 bits per heavy atom. The fourth-order valence-corrected chi connectivity index (χ4v) is 3.10. The number of amides is 1. The first kappa shape index (κ1) is 12.9. The number of aryl methyl sites for hydroxylation is 1. The molecule has 0 aliphatic carbocycles. The number of nitrogens with one attached hydrogen (secondary N) is 1. The largest absolute Gasteiger partial charge is 0.479 e. The molecule has 1 fully saturated rings. The summed E-state index contributed by atoms with van der Waals surface area (Å²) in [5, 5.41) is 11.9. The summed E-state index contributed by atoms with van der Waals surface area (Å²) in [5.74, 6) is -0.195. The predicted octanol–water partition coefficient (Wildman–Crippen LogP) is 1.08. The maximum atomic E-state index is 12.0. The maximum absolute atomic E-state index is 12.0. The summed E-state index contributed by atoms with van der Waals surface area (Å²) < 4.78 is 0. The molecule has 1 saturated heterocycles. The number of aliphatic carboxylic acids is 1. The number of carboxylic acid groups (broad SMARTS) is 1. The molecule has 1 aromatic rings. The van der Waals surface area contributed by atoms with E-state index in [1.807, 2.05) is 6.92 Å². The third-order valence-corrected chi connectivity index (χ3v) is 4.15. The zero-order valence-corrected chi connectivity index (χ0v) is 10.8. The van der Waals surface area contributed by atoms with E-state index in [0.29, 0.717) is 17.7 Å². The Bertz CT molecular complexity index is 467. The lowest BCUT2D eigenvalue weighted by Gasteiger charge is -2.24. The molecule has 2 rings (SSSR count). The summed E-state index contributed by atoms with van der Waals surface area (Å²) in [7, 11) is 0. The van der Waals surface area contributed by atoms with E-state index in [-0.39, 0.29) is 5.91 Å². The van der Waals surface area contributed by atoms with E-state index in [2.05, 4.69) is 10.3 Å². The van der Waals surface area contributed by atoms with Gasteiger partial charge in [0.25, 0.3) is 5.91 Å². The van der Waals surface area contributed by atoms with Crippen LogP contribution in [0.5, 0.6) is 0 Å². The van der Waals surface area contributed by atoms with E-state index in [0.717, 1.165) is 11.4 Å². The van der Waals surface area contributed by atoms with Crippen LogP contribution in [0.25, 0.3) is 0 Å². The second-order valence-corrected chi connectivity index (χ2v) is 5.44. The average Bonchev–Trinajstić information content (AvgIpc) is 2.79. The van der Waals surface area contributed by atoms with Gasteiger partial charge in [-0.3, -0.25) is 9.78 Å². The van der Waals surface area contributed by atoms with Crippen LogP contribution in [0.2, 0.25) is 0 Å². The maximum Gasteiger partial charge on any atom is 0.330 e. The van der Waals surface area contributed by atoms with E-state index >= 15 is 0 Å². The number of carbonyl (C=O) groups is 2. The minimum atomic E-state index is -1.13. The van der Waals surface area contributed by atoms with Gasteiger partial charge in [-0.2, -0.15) is 11.8 Å². The average molecular weight is 266 g/mol. The lowest BCUT2D eigenvalue weighted by molar-refractivity contribution is -0.143. The number of rotatable bonds is 3. The standard InChI is InChI=1S/C12H14N2O3S/c1-8-2-3-9(6-13-8)10(15)14-12(11(16)17)4-5-18-7-12/h2-3,6H,4-5,7H2,1H3,(H,14,15)(H,16,17)/t12-/m0/s1. The number of hydrogen-bond acceptors (Lipinski definition) is 4. The number of thioether (sulfide) groups is 1. The second-order valence-electron chi connectivity index (χ2n) is 4.33. The van der Waals surface area contributed by atoms with Crippen LogP contribution < -0.4 is 5.32 Å². The van der Waals surface area contributed by atoms with Gasteiger partial charge in [0.15, 0.2) is 0 Å². The Kier molecular flexibility index (Phi) is 3.56. The van der Waals surface area contributed by atoms with Crippen molar-refractivity contribution in [2.45, 2.75) is 18.9 Å². The van der Waals surface area contributed by atoms with Crippen LogP contribution in [-0.4, -0.2) is 39.0 Å². The number of nitrogens with zero attached hydrogens (tertiary/aromatic N) is 1. The van der Waals surface area contributed by atoms with Crippen molar-refractivity contribution in [1.29, 1.82) is 0 Å². The second kappa shape index (κ2) is 4.97. The quantitative estimate of drug-likeness (QED) is 0.856. The molecule has 2 N–H and O–H groups in total. The summed E-state index contributed by atoms with van der Waals surface area (Å²) in [6, 6.07) is 3.38. The van der Waals surface area contributed by atoms with E-state index < -0.39 is 11.5 Å². The number of carbonyl (C=O) groups excluding carboxylic acids is 1. The van der Waals surface area contributed by atoms with Gasteiger partial charge < -0.3 is 10.4 Å². The van der Waals surface area contributed by atoms with Crippen LogP contribution in [0.4, 0.5) is 0 Å². The Labute approximate surface area is 109 Å². The first-order chi connectivity index (χ1) is 8.53. The van der Waals surface area contributed by atoms with Crippen molar-refractivity contribution in [3.05, 3.63) is 29.6 Å². The van der Waals surface area contributed by atoms with Crippen molar-refractivity contribution in [3.63, 3.8) is 0 Å². The van der Waals surface area contributed by atoms with Gasteiger partial charge in [0, 0.05) is 17.6 Å². The van der Waals surface area contributed by atoms with Crippen molar-refractivity contribution >= 4 is 23.6 Å². The minimum Gasteiger partial charge on any atom is -0.479 e. The first-order valence-electron chi connectivity index (χ1n) is 5.60. The molecule has 1 aromatic heterocycles. The number of pyridine rings is 1. The van der Waals surface area contributed by atoms with Crippen molar-refractivity contribution in [2.24, 2.45) is 0 Å². The number of aromatic nitrogens is 1. The fraction of sp³-hybridized carbons (Fsp3) is 0.417. The highest BCUT2D eigenvalue weighted by Gasteiger charge is 2.43. The minimum absolute atomic E-state index is 0.382. The molecule has 0 saturated carbocycles. The highest BCUT2D eigenvalue weighted by atomic mass is 32.2. The Morgan fingerprint density at radius 3 is 2.78 bits per heavy atom. The smallest absolute Gasteiger partial charge is 0.330 e. The molecule has 0 radical (unpaired) electrons. The van der Waals surface area contributed by atoms with Gasteiger partial charge in [-0.05, 0) is 31.2 Å². The van der Waals surface area contributed by atoms with Crippen LogP contribution in [-0.2, 0) is 4.79 Å². The lowest BCUT2D eigenvalue weighted by Crippen LogP contribution is -2.54. The van der Waals surface area contributed by atoms with Gasteiger partial charge in [0.05, 0.1) is 5.56 Å². The Morgan fingerprint density at radius 2 is 2.28 bits per heavy atom. The number of carboxylic acids is 1. The zero-order chi connectivity index (χ0) is 13.2. The van der Waals surface area contributed by atoms with E-state index in [1.54, 1.807) is 12.1 Å². The van der Waals surface area contributed by atoms with Gasteiger partial charge in [-0.25, -0.2) is 4.79 Å². The summed E-state index contributed by atoms with van der Waals surface area (Å²) in [6.07, 6.45) is 1.92. The molecule has 5 nitrogen and oxygen atoms in total. The van der Waals surface area contributed by atoms with Crippen LogP contribution in [0, 0.1) is 6.92 Å². The summed E-state index contributed by atoms with van der Waals surface area (Å²) in [5.41, 5.74) is 0.0705. The van der Waals surface area contributed by atoms with Crippen molar-refractivity contribution in [2.75, 3.05) is 11.5 Å². The van der Waals surface area contributed by atoms with Gasteiger partial charge in [-0.15, -0.1) is 0 Å². The molecule has 1 atom stereocenters. The normalized spacial score (nSPS) is 22.7. The Hall–Kier alpha value is -1.56. The molecule has 6 heteroatoms. The predicted molar refractivity (Wildman–Crippen MR) is 68.7 cm³/mol. The summed E-state index contributed by atoms with van der Waals surface area (Å²) in [4.78, 5) is 27.3. The molecular weight excluding hydrogens is 252 g/mol. The van der Waals surface area contributed by atoms with Gasteiger partial charge in [0.2, 0.25) is 0 Å². The van der Waals surface area contributed by atoms with E-state index in [9.17, 15) is 14.7 Å². The molecule has 0 spiro atoms. The van der Waals surface area contributed by atoms with Crippen LogP contribution in [0.1, 0.15) is 22.5 Å². The molecule has 96 valence electrons. The number of hydrogen-bond donors (Lipinski definition) is 2. The lowest BCUT2D eigenvalue weighted by atomic mass is 9.98. The fourth-order valence-electron chi connectivity index (χ4n) is 1.78. The highest BCUT2D eigenvalue weighted by Crippen LogP contribution is 2.28. The topological polar surface area (TPSA) is 79.3 Å². The van der Waals surface area contributed by atoms with E-state index in [1.165, 1.54) is 18.0 Å².